The fraction of sp³-hybridized carbons (Fsp3) is 0.455. The van der Waals surface area contributed by atoms with Crippen LogP contribution in [0.15, 0.2) is 34.1 Å². The van der Waals surface area contributed by atoms with E-state index >= 15 is 0 Å². The molecule has 1 amide bonds. The highest BCUT2D eigenvalue weighted by molar-refractivity contribution is 8.26. The number of fused-ring (bicyclic) bond motifs is 1. The van der Waals surface area contributed by atoms with Gasteiger partial charge in [0.15, 0.2) is 0 Å². The number of nitrogens with zero attached hydrogens (tertiary/aromatic N) is 4. The van der Waals surface area contributed by atoms with Gasteiger partial charge >= 0.3 is 0 Å². The molecule has 0 spiro atoms. The molecule has 8 heteroatoms. The molecule has 0 radical (unpaired) electrons. The number of anilines is 1. The molecular weight excluding hydrogens is 416 g/mol. The van der Waals surface area contributed by atoms with Crippen molar-refractivity contribution in [2.45, 2.75) is 40.2 Å². The number of thiocarbonyl (C=S) groups is 1. The molecule has 2 aliphatic rings. The largest absolute Gasteiger partial charge is 0.355 e. The topological polar surface area (TPSA) is 57.9 Å². The number of hydrogen-bond acceptors (Lipinski definition) is 6. The molecule has 2 unspecified atom stereocenters. The molecule has 4 rings (SSSR count). The summed E-state index contributed by atoms with van der Waals surface area (Å²) in [7, 11) is 0. The molecule has 0 aromatic carbocycles. The van der Waals surface area contributed by atoms with Crippen LogP contribution < -0.4 is 10.5 Å². The summed E-state index contributed by atoms with van der Waals surface area (Å²) >= 11 is 6.65. The van der Waals surface area contributed by atoms with Crippen molar-refractivity contribution >= 4 is 51.7 Å². The molecule has 2 aromatic heterocycles. The number of thioether (sulfide) groups is 1. The van der Waals surface area contributed by atoms with Crippen LogP contribution in [0.2, 0.25) is 0 Å². The van der Waals surface area contributed by atoms with Gasteiger partial charge in [0.05, 0.1) is 10.5 Å². The van der Waals surface area contributed by atoms with E-state index in [2.05, 4.69) is 18.7 Å². The number of carbonyl (C=O) groups is 1. The van der Waals surface area contributed by atoms with Crippen molar-refractivity contribution < 1.29 is 4.79 Å². The van der Waals surface area contributed by atoms with Crippen molar-refractivity contribution in [2.24, 2.45) is 11.8 Å². The Bertz CT molecular complexity index is 1100. The first-order valence-corrected chi connectivity index (χ1v) is 11.5. The summed E-state index contributed by atoms with van der Waals surface area (Å²) in [6, 6.07) is 5.50. The second kappa shape index (κ2) is 8.15. The summed E-state index contributed by atoms with van der Waals surface area (Å²) in [5.74, 6) is 1.52. The first-order valence-electron chi connectivity index (χ1n) is 10.3. The highest BCUT2D eigenvalue weighted by Crippen LogP contribution is 2.35. The molecule has 2 saturated heterocycles. The van der Waals surface area contributed by atoms with Crippen LogP contribution in [0, 0.1) is 11.8 Å². The lowest BCUT2D eigenvalue weighted by atomic mass is 9.91. The van der Waals surface area contributed by atoms with Crippen LogP contribution in [0.5, 0.6) is 0 Å². The SMILES string of the molecule is CC1CC(C)CN(c2nc3ccccn3c(=O)c2/C=C2\SC(=S)N(C(C)C)C2=O)C1. The molecule has 4 heterocycles. The van der Waals surface area contributed by atoms with Gasteiger partial charge in [0, 0.05) is 25.3 Å². The van der Waals surface area contributed by atoms with Crippen molar-refractivity contribution in [3.63, 3.8) is 0 Å². The first-order chi connectivity index (χ1) is 14.3. The van der Waals surface area contributed by atoms with E-state index in [9.17, 15) is 9.59 Å². The predicted molar refractivity (Wildman–Crippen MR) is 127 cm³/mol. The van der Waals surface area contributed by atoms with Crippen molar-refractivity contribution in [2.75, 3.05) is 18.0 Å². The van der Waals surface area contributed by atoms with Crippen molar-refractivity contribution in [1.29, 1.82) is 0 Å². The third-order valence-corrected chi connectivity index (χ3v) is 6.86. The monoisotopic (exact) mass is 442 g/mol. The summed E-state index contributed by atoms with van der Waals surface area (Å²) in [4.78, 5) is 35.5. The Morgan fingerprint density at radius 1 is 1.20 bits per heavy atom. The van der Waals surface area contributed by atoms with E-state index in [1.165, 1.54) is 16.2 Å². The van der Waals surface area contributed by atoms with Gasteiger partial charge in [-0.3, -0.25) is 18.9 Å². The van der Waals surface area contributed by atoms with Crippen molar-refractivity contribution in [3.05, 3.63) is 45.2 Å². The lowest BCUT2D eigenvalue weighted by molar-refractivity contribution is -0.123. The summed E-state index contributed by atoms with van der Waals surface area (Å²) < 4.78 is 2.06. The maximum atomic E-state index is 13.4. The number of piperidine rings is 1. The third kappa shape index (κ3) is 3.78. The Hall–Kier alpha value is -2.19. The summed E-state index contributed by atoms with van der Waals surface area (Å²) in [5, 5.41) is 0. The van der Waals surface area contributed by atoms with Crippen LogP contribution in [-0.2, 0) is 4.79 Å². The summed E-state index contributed by atoms with van der Waals surface area (Å²) in [6.07, 6.45) is 4.56. The number of amides is 1. The predicted octanol–water partition coefficient (Wildman–Crippen LogP) is 3.79. The van der Waals surface area contributed by atoms with Gasteiger partial charge < -0.3 is 4.90 Å². The first kappa shape index (κ1) is 21.1. The van der Waals surface area contributed by atoms with Gasteiger partial charge in [-0.2, -0.15) is 0 Å². The maximum absolute atomic E-state index is 13.4. The number of carbonyl (C=O) groups excluding carboxylic acids is 1. The summed E-state index contributed by atoms with van der Waals surface area (Å²) in [6.45, 7) is 10.00. The number of hydrogen-bond donors (Lipinski definition) is 0. The molecule has 158 valence electrons. The average Bonchev–Trinajstić information content (AvgIpc) is 2.96. The zero-order valence-electron chi connectivity index (χ0n) is 17.7. The Balaban J connectivity index is 1.88. The molecule has 0 saturated carbocycles. The molecule has 0 aliphatic carbocycles. The third-order valence-electron chi connectivity index (χ3n) is 5.53. The van der Waals surface area contributed by atoms with Gasteiger partial charge in [-0.05, 0) is 50.3 Å². The van der Waals surface area contributed by atoms with E-state index in [1.807, 2.05) is 32.0 Å². The van der Waals surface area contributed by atoms with E-state index in [0.717, 1.165) is 19.5 Å². The van der Waals surface area contributed by atoms with Gasteiger partial charge in [-0.1, -0.05) is 43.9 Å². The fourth-order valence-electron chi connectivity index (χ4n) is 4.35. The standard InChI is InChI=1S/C22H26N4O2S2/c1-13(2)26-21(28)17(30-22(26)29)10-16-19(24-11-14(3)9-15(4)12-24)23-18-7-5-6-8-25(18)20(16)27/h5-8,10,13-15H,9,11-12H2,1-4H3/b17-10-. The van der Waals surface area contributed by atoms with Gasteiger partial charge in [0.1, 0.15) is 15.8 Å². The molecule has 2 aromatic rings. The maximum Gasteiger partial charge on any atom is 0.267 e. The zero-order chi connectivity index (χ0) is 21.6. The van der Waals surface area contributed by atoms with Crippen LogP contribution in [0.25, 0.3) is 11.7 Å². The minimum Gasteiger partial charge on any atom is -0.355 e. The minimum absolute atomic E-state index is 0.0255. The van der Waals surface area contributed by atoms with Gasteiger partial charge in [0.25, 0.3) is 11.5 Å². The summed E-state index contributed by atoms with van der Waals surface area (Å²) in [5.41, 5.74) is 0.885. The second-order valence-corrected chi connectivity index (χ2v) is 10.3. The normalized spacial score (nSPS) is 24.0. The van der Waals surface area contributed by atoms with Crippen LogP contribution in [0.3, 0.4) is 0 Å². The quantitative estimate of drug-likeness (QED) is 0.533. The highest BCUT2D eigenvalue weighted by Gasteiger charge is 2.35. The molecule has 0 N–H and O–H groups in total. The molecular formula is C22H26N4O2S2. The van der Waals surface area contributed by atoms with Crippen molar-refractivity contribution in [1.82, 2.24) is 14.3 Å². The van der Waals surface area contributed by atoms with Crippen LogP contribution in [0.4, 0.5) is 5.82 Å². The van der Waals surface area contributed by atoms with E-state index in [1.54, 1.807) is 17.2 Å². The molecule has 6 nitrogen and oxygen atoms in total. The number of rotatable bonds is 3. The Morgan fingerprint density at radius 2 is 1.90 bits per heavy atom. The van der Waals surface area contributed by atoms with Crippen LogP contribution >= 0.6 is 24.0 Å². The fourth-order valence-corrected chi connectivity index (χ4v) is 5.86. The average molecular weight is 443 g/mol. The van der Waals surface area contributed by atoms with Gasteiger partial charge in [-0.25, -0.2) is 4.98 Å². The number of pyridine rings is 1. The zero-order valence-corrected chi connectivity index (χ0v) is 19.3. The van der Waals surface area contributed by atoms with E-state index < -0.39 is 0 Å². The second-order valence-electron chi connectivity index (χ2n) is 8.58. The van der Waals surface area contributed by atoms with Crippen molar-refractivity contribution in [3.8, 4) is 0 Å². The van der Waals surface area contributed by atoms with Crippen LogP contribution in [0.1, 0.15) is 39.7 Å². The molecule has 2 aliphatic heterocycles. The van der Waals surface area contributed by atoms with Crippen LogP contribution in [-0.4, -0.2) is 43.6 Å². The molecule has 2 atom stereocenters. The van der Waals surface area contributed by atoms with Gasteiger partial charge in [-0.15, -0.1) is 0 Å². The molecule has 2 fully saturated rings. The lowest BCUT2D eigenvalue weighted by Gasteiger charge is -2.36. The highest BCUT2D eigenvalue weighted by atomic mass is 32.2. The van der Waals surface area contributed by atoms with E-state index in [4.69, 9.17) is 17.2 Å². The number of aromatic nitrogens is 2. The smallest absolute Gasteiger partial charge is 0.267 e. The Labute approximate surface area is 186 Å². The Morgan fingerprint density at radius 3 is 2.53 bits per heavy atom. The Kier molecular flexibility index (Phi) is 5.72. The molecule has 30 heavy (non-hydrogen) atoms. The molecule has 0 bridgehead atoms. The van der Waals surface area contributed by atoms with E-state index in [0.29, 0.717) is 38.1 Å². The minimum atomic E-state index is -0.170. The lowest BCUT2D eigenvalue weighted by Crippen LogP contribution is -2.40. The van der Waals surface area contributed by atoms with Gasteiger partial charge in [0.2, 0.25) is 0 Å². The van der Waals surface area contributed by atoms with E-state index in [-0.39, 0.29) is 17.5 Å².